The molecule has 0 spiro atoms. The molecule has 552 valence electrons. The molecule has 0 aromatic heterocycles. The van der Waals surface area contributed by atoms with Crippen LogP contribution in [0.3, 0.4) is 0 Å². The fourth-order valence-electron chi connectivity index (χ4n) is 13.3. The minimum atomic E-state index is -1.91. The molecule has 0 radical (unpaired) electrons. The standard InChI is InChI=1S/C65H96N14O21/c1-33(68)54(88)69-43(8-3-5-19-66)60(94)75-21-7-10-48(75)56(90)73-47(32-80)55(89)71-45(22-35-11-15-37(82)16-12-35)62(96)78-30-41(86)26-51(78)64(98)79-31-42(87)27-52(79)63(97)77-29-40(85)25-50(77)58(92)74-53(34(2)81)59(93)72-46(23-36-13-17-38(83)18-14-36)61(95)76-28-39(84)24-49(76)57(91)70-44(65(99)100)9-4-6-20-67/h11-18,33-34,39-53,80-87H,3-10,19-32,66-68H2,1-2H3,(H,69,88)(H,70,91)(H,71,89)(H,72,93)(H,73,90)(H,74,92)(H,99,100)/t33-,34+,39+,40+,41+,42+,43-,44-,45-,46-,47-,48-,49-,50-,51-,52-,53-/m0/s1. The fourth-order valence-corrected chi connectivity index (χ4v) is 13.3. The SMILES string of the molecule is C[C@H](N)C(=O)N[C@@H](CCCCN)C(=O)N1CCC[C@H]1C(=O)N[C@@H](CO)C(=O)N[C@@H](Cc1ccc(O)cc1)C(=O)N1C[C@H](O)C[C@H]1C(=O)N1C[C@H](O)C[C@H]1C(=O)N1C[C@H](O)C[C@H]1C(=O)N[C@H](C(=O)N[C@@H](Cc1ccc(O)cc1)C(=O)N1C[C@H](O)C[C@H]1C(=O)N[C@@H](CCCCN)C(=O)O)[C@@H](C)O. The van der Waals surface area contributed by atoms with Gasteiger partial charge >= 0.3 is 5.97 Å². The van der Waals surface area contributed by atoms with Crippen molar-refractivity contribution >= 4 is 70.9 Å². The quantitative estimate of drug-likeness (QED) is 0.0303. The number of carbonyl (C=O) groups is 12. The smallest absolute Gasteiger partial charge is 0.326 e. The monoisotopic (exact) mass is 1410 g/mol. The minimum Gasteiger partial charge on any atom is -0.508 e. The van der Waals surface area contributed by atoms with Crippen LogP contribution < -0.4 is 49.1 Å². The number of nitrogens with one attached hydrogen (secondary N) is 6. The molecule has 21 N–H and O–H groups in total. The Hall–Kier alpha value is -8.68. The summed E-state index contributed by atoms with van der Waals surface area (Å²) in [5.74, 6) is -11.8. The van der Waals surface area contributed by atoms with Crippen molar-refractivity contribution in [1.29, 1.82) is 0 Å². The molecule has 5 aliphatic rings. The maximum Gasteiger partial charge on any atom is 0.326 e. The summed E-state index contributed by atoms with van der Waals surface area (Å²) in [6.45, 7) is 0.250. The summed E-state index contributed by atoms with van der Waals surface area (Å²) in [5.41, 5.74) is 17.7. The van der Waals surface area contributed by atoms with Gasteiger partial charge in [-0.2, -0.15) is 0 Å². The number of benzene rings is 2. The molecule has 35 nitrogen and oxygen atoms in total. The van der Waals surface area contributed by atoms with E-state index in [1.807, 2.05) is 0 Å². The van der Waals surface area contributed by atoms with Gasteiger partial charge in [0.25, 0.3) is 0 Å². The normalized spacial score (nSPS) is 24.4. The third-order valence-corrected chi connectivity index (χ3v) is 18.7. The highest BCUT2D eigenvalue weighted by Crippen LogP contribution is 2.31. The molecule has 11 amide bonds. The molecule has 0 saturated carbocycles. The number of aliphatic hydroxyl groups excluding tert-OH is 6. The maximum atomic E-state index is 15.0. The van der Waals surface area contributed by atoms with Crippen molar-refractivity contribution < 1.29 is 103 Å². The van der Waals surface area contributed by atoms with Crippen LogP contribution in [0.25, 0.3) is 0 Å². The first-order chi connectivity index (χ1) is 47.4. The Morgan fingerprint density at radius 1 is 0.480 bits per heavy atom. The number of aliphatic carboxylic acids is 1. The number of carboxylic acids is 1. The summed E-state index contributed by atoms with van der Waals surface area (Å²) in [4.78, 5) is 174. The largest absolute Gasteiger partial charge is 0.508 e. The second-order valence-electron chi connectivity index (χ2n) is 26.4. The highest BCUT2D eigenvalue weighted by atomic mass is 16.4. The lowest BCUT2D eigenvalue weighted by Gasteiger charge is -2.35. The van der Waals surface area contributed by atoms with Crippen LogP contribution in [0.1, 0.15) is 102 Å². The van der Waals surface area contributed by atoms with Crippen molar-refractivity contribution in [3.05, 3.63) is 59.7 Å². The molecule has 100 heavy (non-hydrogen) atoms. The lowest BCUT2D eigenvalue weighted by Crippen LogP contribution is -2.62. The average Bonchev–Trinajstić information content (AvgIpc) is 1.62. The number of carbonyl (C=O) groups excluding carboxylic acids is 11. The van der Waals surface area contributed by atoms with E-state index in [1.54, 1.807) is 0 Å². The number of aliphatic hydroxyl groups is 6. The summed E-state index contributed by atoms with van der Waals surface area (Å²) in [6.07, 6.45) is -7.00. The molecule has 17 atom stereocenters. The first-order valence-electron chi connectivity index (χ1n) is 33.8. The van der Waals surface area contributed by atoms with E-state index in [9.17, 15) is 103 Å². The Balaban J connectivity index is 1.06. The van der Waals surface area contributed by atoms with E-state index in [4.69, 9.17) is 17.2 Å². The van der Waals surface area contributed by atoms with E-state index in [1.165, 1.54) is 60.4 Å². The number of nitrogens with two attached hydrogens (primary N) is 3. The van der Waals surface area contributed by atoms with Crippen LogP contribution in [0.15, 0.2) is 48.5 Å². The zero-order chi connectivity index (χ0) is 73.4. The molecule has 0 aliphatic carbocycles. The Morgan fingerprint density at radius 3 is 1.34 bits per heavy atom. The average molecular weight is 1410 g/mol. The third-order valence-electron chi connectivity index (χ3n) is 18.7. The number of hydrogen-bond acceptors (Lipinski definition) is 23. The molecule has 5 heterocycles. The Labute approximate surface area is 576 Å². The summed E-state index contributed by atoms with van der Waals surface area (Å²) in [5, 5.41) is 111. The van der Waals surface area contributed by atoms with Crippen LogP contribution in [0, 0.1) is 0 Å². The summed E-state index contributed by atoms with van der Waals surface area (Å²) in [7, 11) is 0. The number of amides is 11. The Kier molecular flexibility index (Phi) is 28.4. The first-order valence-corrected chi connectivity index (χ1v) is 33.8. The van der Waals surface area contributed by atoms with Gasteiger partial charge in [0.1, 0.15) is 78.0 Å². The van der Waals surface area contributed by atoms with Gasteiger partial charge < -0.3 is 120 Å². The molecule has 7 rings (SSSR count). The molecule has 5 saturated heterocycles. The zero-order valence-electron chi connectivity index (χ0n) is 55.9. The second-order valence-corrected chi connectivity index (χ2v) is 26.4. The predicted molar refractivity (Wildman–Crippen MR) is 350 cm³/mol. The molecule has 0 bridgehead atoms. The number of unbranched alkanes of at least 4 members (excludes halogenated alkanes) is 2. The van der Waals surface area contributed by atoms with Crippen molar-refractivity contribution in [2.45, 2.75) is 207 Å². The first kappa shape index (κ1) is 78.7. The van der Waals surface area contributed by atoms with Gasteiger partial charge in [0.2, 0.25) is 65.0 Å². The van der Waals surface area contributed by atoms with Gasteiger partial charge in [-0.1, -0.05) is 24.3 Å². The number of nitrogens with zero attached hydrogens (tertiary/aromatic N) is 5. The molecule has 2 aromatic rings. The van der Waals surface area contributed by atoms with Gasteiger partial charge in [-0.25, -0.2) is 4.79 Å². The molecular formula is C65H96N14O21. The van der Waals surface area contributed by atoms with E-state index in [0.717, 1.165) is 26.5 Å². The van der Waals surface area contributed by atoms with Gasteiger partial charge in [0.15, 0.2) is 0 Å². The van der Waals surface area contributed by atoms with Crippen LogP contribution in [0.4, 0.5) is 0 Å². The number of phenolic OH excluding ortho intramolecular Hbond substituents is 2. The van der Waals surface area contributed by atoms with Crippen LogP contribution >= 0.6 is 0 Å². The fraction of sp³-hybridized carbons (Fsp3) is 0.631. The van der Waals surface area contributed by atoms with Gasteiger partial charge in [0.05, 0.1) is 43.2 Å². The number of rotatable bonds is 32. The number of hydrogen-bond donors (Lipinski definition) is 18. The number of β-amino-alcohol motifs (C(OH)–C–C–N with tert-alkyl or cyclic N) is 4. The third kappa shape index (κ3) is 20.3. The number of phenols is 2. The van der Waals surface area contributed by atoms with E-state index in [-0.39, 0.29) is 63.1 Å². The van der Waals surface area contributed by atoms with Crippen molar-refractivity contribution in [2.24, 2.45) is 17.2 Å². The van der Waals surface area contributed by atoms with Gasteiger partial charge in [-0.3, -0.25) is 52.7 Å². The number of likely N-dealkylation sites (tertiary alicyclic amines) is 5. The van der Waals surface area contributed by atoms with Gasteiger partial charge in [-0.15, -0.1) is 0 Å². The number of carboxylic acid groups (broad SMARTS) is 1. The Bertz CT molecular complexity index is 3240. The molecule has 35 heteroatoms. The molecule has 2 aromatic carbocycles. The molecular weight excluding hydrogens is 1310 g/mol. The van der Waals surface area contributed by atoms with Crippen molar-refractivity contribution in [2.75, 3.05) is 52.4 Å². The van der Waals surface area contributed by atoms with Crippen molar-refractivity contribution in [3.63, 3.8) is 0 Å². The molecule has 0 unspecified atom stereocenters. The molecule has 5 fully saturated rings. The predicted octanol–water partition coefficient (Wildman–Crippen LogP) is -7.31. The van der Waals surface area contributed by atoms with E-state index in [2.05, 4.69) is 31.9 Å². The lowest BCUT2D eigenvalue weighted by atomic mass is 10.0. The maximum absolute atomic E-state index is 15.0. The Morgan fingerprint density at radius 2 is 0.870 bits per heavy atom. The van der Waals surface area contributed by atoms with Gasteiger partial charge in [-0.05, 0) is 114 Å². The van der Waals surface area contributed by atoms with Crippen molar-refractivity contribution in [3.8, 4) is 11.5 Å². The summed E-state index contributed by atoms with van der Waals surface area (Å²) < 4.78 is 0. The number of aromatic hydroxyl groups is 2. The zero-order valence-corrected chi connectivity index (χ0v) is 55.9. The van der Waals surface area contributed by atoms with Crippen LogP contribution in [0.5, 0.6) is 11.5 Å². The highest BCUT2D eigenvalue weighted by Gasteiger charge is 2.52. The highest BCUT2D eigenvalue weighted by molar-refractivity contribution is 6.00. The van der Waals surface area contributed by atoms with Crippen LogP contribution in [-0.2, 0) is 70.4 Å². The topological polar surface area (TPSA) is 553 Å². The van der Waals surface area contributed by atoms with Crippen LogP contribution in [0.2, 0.25) is 0 Å². The lowest BCUT2D eigenvalue weighted by molar-refractivity contribution is -0.151. The minimum absolute atomic E-state index is 0.00344. The second kappa shape index (κ2) is 36.1. The van der Waals surface area contributed by atoms with E-state index in [0.29, 0.717) is 49.8 Å². The van der Waals surface area contributed by atoms with Crippen LogP contribution in [-0.4, -0.2) is 297 Å². The van der Waals surface area contributed by atoms with E-state index >= 15 is 0 Å². The molecule has 5 aliphatic heterocycles. The van der Waals surface area contributed by atoms with Crippen molar-refractivity contribution in [1.82, 2.24) is 56.4 Å². The van der Waals surface area contributed by atoms with Gasteiger partial charge in [0, 0.05) is 71.2 Å². The summed E-state index contributed by atoms with van der Waals surface area (Å²) >= 11 is 0. The van der Waals surface area contributed by atoms with E-state index < -0.39 is 226 Å². The summed E-state index contributed by atoms with van der Waals surface area (Å²) in [6, 6.07) is -6.80.